The van der Waals surface area contributed by atoms with Crippen LogP contribution in [0, 0.1) is 5.92 Å². The maximum Gasteiger partial charge on any atom is 0.238 e. The summed E-state index contributed by atoms with van der Waals surface area (Å²) in [5, 5.41) is 7.91. The molecule has 1 heterocycles. The molecular formula is C19H23N3O4S. The second-order valence-electron chi connectivity index (χ2n) is 6.72. The van der Waals surface area contributed by atoms with Crippen molar-refractivity contribution >= 4 is 15.9 Å². The van der Waals surface area contributed by atoms with Gasteiger partial charge in [0, 0.05) is 25.2 Å². The molecule has 1 aromatic heterocycles. The molecule has 0 atom stereocenters. The first kappa shape index (κ1) is 19.3. The van der Waals surface area contributed by atoms with Gasteiger partial charge >= 0.3 is 0 Å². The van der Waals surface area contributed by atoms with Gasteiger partial charge in [-0.05, 0) is 48.4 Å². The van der Waals surface area contributed by atoms with Crippen molar-refractivity contribution in [1.29, 1.82) is 0 Å². The molecule has 1 aliphatic carbocycles. The predicted octanol–water partition coefficient (Wildman–Crippen LogP) is 1.77. The Labute approximate surface area is 159 Å². The highest BCUT2D eigenvalue weighted by Gasteiger charge is 2.22. The van der Waals surface area contributed by atoms with E-state index in [1.807, 2.05) is 12.1 Å². The van der Waals surface area contributed by atoms with Gasteiger partial charge in [-0.3, -0.25) is 4.79 Å². The highest BCUT2D eigenvalue weighted by molar-refractivity contribution is 7.89. The predicted molar refractivity (Wildman–Crippen MR) is 100 cm³/mol. The van der Waals surface area contributed by atoms with E-state index in [0.29, 0.717) is 31.2 Å². The van der Waals surface area contributed by atoms with Gasteiger partial charge in [-0.15, -0.1) is 0 Å². The van der Waals surface area contributed by atoms with Crippen molar-refractivity contribution in [3.63, 3.8) is 0 Å². The normalized spacial score (nSPS) is 14.0. The molecule has 0 spiro atoms. The van der Waals surface area contributed by atoms with Gasteiger partial charge in [0.05, 0.1) is 11.5 Å². The Morgan fingerprint density at radius 1 is 1.15 bits per heavy atom. The van der Waals surface area contributed by atoms with Crippen LogP contribution in [-0.4, -0.2) is 25.9 Å². The van der Waals surface area contributed by atoms with Crippen molar-refractivity contribution in [1.82, 2.24) is 10.3 Å². The Balaban J connectivity index is 1.40. The van der Waals surface area contributed by atoms with E-state index in [1.165, 1.54) is 25.0 Å². The van der Waals surface area contributed by atoms with Crippen molar-refractivity contribution in [2.75, 3.05) is 6.61 Å². The Kier molecular flexibility index (Phi) is 6.08. The molecule has 27 heavy (non-hydrogen) atoms. The number of benzene rings is 1. The number of carbonyl (C=O) groups excluding carboxylic acids is 1. The number of nitrogens with one attached hydrogen (secondary N) is 1. The summed E-state index contributed by atoms with van der Waals surface area (Å²) in [5.74, 6) is 1.21. The van der Waals surface area contributed by atoms with Crippen molar-refractivity contribution in [2.24, 2.45) is 11.1 Å². The van der Waals surface area contributed by atoms with Crippen LogP contribution in [0.3, 0.4) is 0 Å². The summed E-state index contributed by atoms with van der Waals surface area (Å²) < 4.78 is 28.0. The summed E-state index contributed by atoms with van der Waals surface area (Å²) in [5.41, 5.74) is 1.77. The van der Waals surface area contributed by atoms with Crippen LogP contribution in [0.1, 0.15) is 30.4 Å². The van der Waals surface area contributed by atoms with E-state index in [2.05, 4.69) is 10.3 Å². The maximum absolute atomic E-state index is 12.0. The Bertz CT molecular complexity index is 876. The zero-order valence-corrected chi connectivity index (χ0v) is 15.7. The number of hydrogen-bond donors (Lipinski definition) is 2. The Morgan fingerprint density at radius 3 is 2.44 bits per heavy atom. The van der Waals surface area contributed by atoms with E-state index in [1.54, 1.807) is 18.3 Å². The van der Waals surface area contributed by atoms with Gasteiger partial charge < -0.3 is 10.1 Å². The molecular weight excluding hydrogens is 366 g/mol. The monoisotopic (exact) mass is 389 g/mol. The lowest BCUT2D eigenvalue weighted by Gasteiger charge is -2.07. The standard InChI is InChI=1S/C19H23N3O4S/c20-27(24,25)17-7-3-14(4-8-17)5-9-18(23)21-11-16-6-10-19(22-12-16)26-13-15-1-2-15/h3-4,6-8,10,12,15H,1-2,5,9,11,13H2,(H,21,23)(H2,20,24,25). The largest absolute Gasteiger partial charge is 0.477 e. The minimum Gasteiger partial charge on any atom is -0.477 e. The Morgan fingerprint density at radius 2 is 1.85 bits per heavy atom. The molecule has 1 fully saturated rings. The van der Waals surface area contributed by atoms with Crippen LogP contribution < -0.4 is 15.2 Å². The molecule has 7 nitrogen and oxygen atoms in total. The molecule has 1 saturated carbocycles. The highest BCUT2D eigenvalue weighted by atomic mass is 32.2. The number of sulfonamides is 1. The zero-order chi connectivity index (χ0) is 19.3. The van der Waals surface area contributed by atoms with Crippen LogP contribution >= 0.6 is 0 Å². The van der Waals surface area contributed by atoms with Gasteiger partial charge in [-0.25, -0.2) is 18.5 Å². The van der Waals surface area contributed by atoms with Gasteiger partial charge in [0.15, 0.2) is 0 Å². The molecule has 2 aromatic rings. The lowest BCUT2D eigenvalue weighted by atomic mass is 10.1. The summed E-state index contributed by atoms with van der Waals surface area (Å²) in [4.78, 5) is 16.3. The maximum atomic E-state index is 12.0. The number of carbonyl (C=O) groups is 1. The van der Waals surface area contributed by atoms with Crippen LogP contribution in [0.25, 0.3) is 0 Å². The van der Waals surface area contributed by atoms with Crippen molar-refractivity contribution in [2.45, 2.75) is 37.1 Å². The smallest absolute Gasteiger partial charge is 0.238 e. The lowest BCUT2D eigenvalue weighted by Crippen LogP contribution is -2.23. The number of primary sulfonamides is 1. The minimum absolute atomic E-state index is 0.0627. The molecule has 0 radical (unpaired) electrons. The molecule has 144 valence electrons. The molecule has 0 bridgehead atoms. The Hall–Kier alpha value is -2.45. The van der Waals surface area contributed by atoms with Gasteiger partial charge in [-0.1, -0.05) is 18.2 Å². The number of amides is 1. The number of nitrogens with zero attached hydrogens (tertiary/aromatic N) is 1. The topological polar surface area (TPSA) is 111 Å². The molecule has 1 amide bonds. The zero-order valence-electron chi connectivity index (χ0n) is 14.9. The summed E-state index contributed by atoms with van der Waals surface area (Å²) in [6.45, 7) is 1.13. The second-order valence-corrected chi connectivity index (χ2v) is 8.29. The molecule has 3 N–H and O–H groups in total. The summed E-state index contributed by atoms with van der Waals surface area (Å²) >= 11 is 0. The number of ether oxygens (including phenoxy) is 1. The quantitative estimate of drug-likeness (QED) is 0.679. The first-order chi connectivity index (χ1) is 12.9. The number of aromatic nitrogens is 1. The van der Waals surface area contributed by atoms with Gasteiger partial charge in [0.1, 0.15) is 0 Å². The second kappa shape index (κ2) is 8.49. The fraction of sp³-hybridized carbons (Fsp3) is 0.368. The van der Waals surface area contributed by atoms with E-state index >= 15 is 0 Å². The molecule has 3 rings (SSSR count). The summed E-state index contributed by atoms with van der Waals surface area (Å²) in [6, 6.07) is 9.93. The van der Waals surface area contributed by atoms with Gasteiger partial charge in [0.25, 0.3) is 0 Å². The van der Waals surface area contributed by atoms with E-state index in [9.17, 15) is 13.2 Å². The van der Waals surface area contributed by atoms with Crippen LogP contribution in [0.2, 0.25) is 0 Å². The lowest BCUT2D eigenvalue weighted by molar-refractivity contribution is -0.121. The summed E-state index contributed by atoms with van der Waals surface area (Å²) in [6.07, 6.45) is 5.00. The van der Waals surface area contributed by atoms with Crippen molar-refractivity contribution < 1.29 is 17.9 Å². The molecule has 0 unspecified atom stereocenters. The van der Waals surface area contributed by atoms with Crippen molar-refractivity contribution in [3.8, 4) is 5.88 Å². The first-order valence-corrected chi connectivity index (χ1v) is 10.4. The summed E-state index contributed by atoms with van der Waals surface area (Å²) in [7, 11) is -3.69. The SMILES string of the molecule is NS(=O)(=O)c1ccc(CCC(=O)NCc2ccc(OCC3CC3)nc2)cc1. The fourth-order valence-corrected chi connectivity index (χ4v) is 3.00. The first-order valence-electron chi connectivity index (χ1n) is 8.86. The number of rotatable bonds is 9. The van der Waals surface area contributed by atoms with Crippen LogP contribution in [0.4, 0.5) is 0 Å². The third-order valence-corrected chi connectivity index (χ3v) is 5.27. The average molecular weight is 389 g/mol. The fourth-order valence-electron chi connectivity index (χ4n) is 2.48. The van der Waals surface area contributed by atoms with Crippen LogP contribution in [0.5, 0.6) is 5.88 Å². The molecule has 8 heteroatoms. The van der Waals surface area contributed by atoms with Gasteiger partial charge in [0.2, 0.25) is 21.8 Å². The van der Waals surface area contributed by atoms with Gasteiger partial charge in [-0.2, -0.15) is 0 Å². The molecule has 0 saturated heterocycles. The third kappa shape index (κ3) is 6.33. The highest BCUT2D eigenvalue weighted by Crippen LogP contribution is 2.29. The molecule has 0 aliphatic heterocycles. The van der Waals surface area contributed by atoms with Crippen LogP contribution in [-0.2, 0) is 27.8 Å². The third-order valence-electron chi connectivity index (χ3n) is 4.34. The van der Waals surface area contributed by atoms with Crippen molar-refractivity contribution in [3.05, 3.63) is 53.7 Å². The van der Waals surface area contributed by atoms with E-state index in [-0.39, 0.29) is 10.8 Å². The average Bonchev–Trinajstić information content (AvgIpc) is 3.48. The van der Waals surface area contributed by atoms with E-state index in [4.69, 9.17) is 9.88 Å². The molecule has 1 aliphatic rings. The number of nitrogens with two attached hydrogens (primary N) is 1. The van der Waals surface area contributed by atoms with E-state index in [0.717, 1.165) is 17.7 Å². The van der Waals surface area contributed by atoms with Crippen LogP contribution in [0.15, 0.2) is 47.5 Å². The molecule has 1 aromatic carbocycles. The van der Waals surface area contributed by atoms with E-state index < -0.39 is 10.0 Å². The number of aryl methyl sites for hydroxylation is 1. The number of pyridine rings is 1. The minimum atomic E-state index is -3.69. The number of hydrogen-bond acceptors (Lipinski definition) is 5.